The molecule has 1 unspecified atom stereocenters. The fourth-order valence-corrected chi connectivity index (χ4v) is 2.17. The molecule has 2 heterocycles. The molecular formula is C14H15N3O. The highest BCUT2D eigenvalue weighted by atomic mass is 16.3. The molecule has 1 aromatic carbocycles. The van der Waals surface area contributed by atoms with Crippen LogP contribution in [0.25, 0.3) is 11.0 Å². The summed E-state index contributed by atoms with van der Waals surface area (Å²) in [7, 11) is 0. The molecule has 0 aliphatic carbocycles. The second kappa shape index (κ2) is 4.31. The molecule has 2 N–H and O–H groups in total. The molecule has 4 heteroatoms. The highest BCUT2D eigenvalue weighted by molar-refractivity contribution is 5.76. The van der Waals surface area contributed by atoms with Gasteiger partial charge in [-0.2, -0.15) is 0 Å². The first-order chi connectivity index (χ1) is 8.75. The fourth-order valence-electron chi connectivity index (χ4n) is 2.17. The maximum atomic E-state index is 5.99. The van der Waals surface area contributed by atoms with Crippen molar-refractivity contribution < 1.29 is 4.42 Å². The number of imidazole rings is 1. The summed E-state index contributed by atoms with van der Waals surface area (Å²) in [5.41, 5.74) is 8.05. The van der Waals surface area contributed by atoms with E-state index in [0.29, 0.717) is 6.54 Å². The Morgan fingerprint density at radius 2 is 2.11 bits per heavy atom. The van der Waals surface area contributed by atoms with Gasteiger partial charge < -0.3 is 14.7 Å². The van der Waals surface area contributed by atoms with Crippen molar-refractivity contribution in [2.24, 2.45) is 5.73 Å². The number of aromatic nitrogens is 2. The van der Waals surface area contributed by atoms with Crippen LogP contribution in [-0.4, -0.2) is 9.55 Å². The van der Waals surface area contributed by atoms with Gasteiger partial charge >= 0.3 is 0 Å². The molecule has 2 aromatic heterocycles. The lowest BCUT2D eigenvalue weighted by Crippen LogP contribution is -2.14. The van der Waals surface area contributed by atoms with E-state index in [1.54, 1.807) is 6.26 Å². The number of para-hydroxylation sites is 2. The van der Waals surface area contributed by atoms with Crippen LogP contribution in [0.15, 0.2) is 47.1 Å². The molecule has 1 atom stereocenters. The van der Waals surface area contributed by atoms with Crippen LogP contribution in [0.4, 0.5) is 0 Å². The first-order valence-electron chi connectivity index (χ1n) is 5.99. The molecule has 4 nitrogen and oxygen atoms in total. The van der Waals surface area contributed by atoms with Gasteiger partial charge in [0, 0.05) is 0 Å². The smallest absolute Gasteiger partial charge is 0.127 e. The average Bonchev–Trinajstić information content (AvgIpc) is 2.98. The number of benzene rings is 1. The van der Waals surface area contributed by atoms with Gasteiger partial charge in [-0.1, -0.05) is 12.1 Å². The van der Waals surface area contributed by atoms with Gasteiger partial charge in [0.1, 0.15) is 11.6 Å². The summed E-state index contributed by atoms with van der Waals surface area (Å²) in [6.45, 7) is 2.60. The standard InChI is InChI=1S/C14H15N3O/c1-10(15)14-16-12-6-2-3-7-13(12)17(14)9-11-5-4-8-18-11/h2-8,10H,9,15H2,1H3. The monoisotopic (exact) mass is 241 g/mol. The number of nitrogens with zero attached hydrogens (tertiary/aromatic N) is 2. The molecule has 92 valence electrons. The predicted octanol–water partition coefficient (Wildman–Crippen LogP) is 2.70. The molecule has 0 aliphatic rings. The molecule has 0 radical (unpaired) electrons. The maximum Gasteiger partial charge on any atom is 0.127 e. The van der Waals surface area contributed by atoms with E-state index in [-0.39, 0.29) is 6.04 Å². The second-order valence-electron chi connectivity index (χ2n) is 4.41. The van der Waals surface area contributed by atoms with Gasteiger partial charge in [-0.3, -0.25) is 0 Å². The topological polar surface area (TPSA) is 57.0 Å². The Balaban J connectivity index is 2.15. The minimum absolute atomic E-state index is 0.104. The van der Waals surface area contributed by atoms with E-state index in [4.69, 9.17) is 10.2 Å². The van der Waals surface area contributed by atoms with Gasteiger partial charge in [0.2, 0.25) is 0 Å². The number of hydrogen-bond acceptors (Lipinski definition) is 3. The van der Waals surface area contributed by atoms with Crippen LogP contribution in [0.2, 0.25) is 0 Å². The van der Waals surface area contributed by atoms with Gasteiger partial charge in [0.25, 0.3) is 0 Å². The van der Waals surface area contributed by atoms with E-state index in [1.165, 1.54) is 0 Å². The average molecular weight is 241 g/mol. The zero-order chi connectivity index (χ0) is 12.5. The lowest BCUT2D eigenvalue weighted by molar-refractivity contribution is 0.488. The molecule has 0 aliphatic heterocycles. The van der Waals surface area contributed by atoms with Crippen LogP contribution in [0.3, 0.4) is 0 Å². The van der Waals surface area contributed by atoms with Gasteiger partial charge in [0.15, 0.2) is 0 Å². The Morgan fingerprint density at radius 1 is 1.28 bits per heavy atom. The summed E-state index contributed by atoms with van der Waals surface area (Å²) in [5.74, 6) is 1.78. The summed E-state index contributed by atoms with van der Waals surface area (Å²) in [6, 6.07) is 11.8. The van der Waals surface area contributed by atoms with Crippen molar-refractivity contribution in [2.45, 2.75) is 19.5 Å². The first kappa shape index (κ1) is 11.0. The Bertz CT molecular complexity index is 653. The molecule has 0 fully saturated rings. The van der Waals surface area contributed by atoms with E-state index < -0.39 is 0 Å². The van der Waals surface area contributed by atoms with Gasteiger partial charge in [-0.05, 0) is 31.2 Å². The normalized spacial score (nSPS) is 13.0. The predicted molar refractivity (Wildman–Crippen MR) is 70.1 cm³/mol. The Hall–Kier alpha value is -2.07. The number of rotatable bonds is 3. The number of fused-ring (bicyclic) bond motifs is 1. The van der Waals surface area contributed by atoms with Crippen molar-refractivity contribution >= 4 is 11.0 Å². The van der Waals surface area contributed by atoms with E-state index in [0.717, 1.165) is 22.6 Å². The van der Waals surface area contributed by atoms with Crippen molar-refractivity contribution in [1.82, 2.24) is 9.55 Å². The van der Waals surface area contributed by atoms with Gasteiger partial charge in [-0.25, -0.2) is 4.98 Å². The van der Waals surface area contributed by atoms with Crippen molar-refractivity contribution in [3.05, 3.63) is 54.2 Å². The summed E-state index contributed by atoms with van der Waals surface area (Å²) in [6.07, 6.45) is 1.68. The van der Waals surface area contributed by atoms with Crippen LogP contribution >= 0.6 is 0 Å². The highest BCUT2D eigenvalue weighted by Gasteiger charge is 2.14. The summed E-state index contributed by atoms with van der Waals surface area (Å²) in [5, 5.41) is 0. The molecule has 0 spiro atoms. The Labute approximate surface area is 105 Å². The molecular weight excluding hydrogens is 226 g/mol. The van der Waals surface area contributed by atoms with Crippen LogP contribution < -0.4 is 5.73 Å². The summed E-state index contributed by atoms with van der Waals surface area (Å²) < 4.78 is 7.51. The van der Waals surface area contributed by atoms with Crippen molar-refractivity contribution in [2.75, 3.05) is 0 Å². The van der Waals surface area contributed by atoms with Crippen LogP contribution in [0.1, 0.15) is 24.6 Å². The third-order valence-corrected chi connectivity index (χ3v) is 2.99. The van der Waals surface area contributed by atoms with E-state index in [1.807, 2.05) is 37.3 Å². The Morgan fingerprint density at radius 3 is 2.83 bits per heavy atom. The zero-order valence-electron chi connectivity index (χ0n) is 10.2. The highest BCUT2D eigenvalue weighted by Crippen LogP contribution is 2.21. The molecule has 3 aromatic rings. The summed E-state index contributed by atoms with van der Waals surface area (Å²) in [4.78, 5) is 4.59. The summed E-state index contributed by atoms with van der Waals surface area (Å²) >= 11 is 0. The van der Waals surface area contributed by atoms with Crippen LogP contribution in [0, 0.1) is 0 Å². The molecule has 0 saturated carbocycles. The third kappa shape index (κ3) is 1.80. The lowest BCUT2D eigenvalue weighted by atomic mass is 10.3. The third-order valence-electron chi connectivity index (χ3n) is 2.99. The largest absolute Gasteiger partial charge is 0.467 e. The minimum Gasteiger partial charge on any atom is -0.467 e. The number of furan rings is 1. The molecule has 0 saturated heterocycles. The van der Waals surface area contributed by atoms with Gasteiger partial charge in [-0.15, -0.1) is 0 Å². The maximum absolute atomic E-state index is 5.99. The van der Waals surface area contributed by atoms with E-state index >= 15 is 0 Å². The van der Waals surface area contributed by atoms with Gasteiger partial charge in [0.05, 0.1) is 29.9 Å². The number of nitrogens with two attached hydrogens (primary N) is 1. The molecule has 3 rings (SSSR count). The zero-order valence-corrected chi connectivity index (χ0v) is 10.2. The minimum atomic E-state index is -0.104. The fraction of sp³-hybridized carbons (Fsp3) is 0.214. The number of hydrogen-bond donors (Lipinski definition) is 1. The Kier molecular flexibility index (Phi) is 2.64. The van der Waals surface area contributed by atoms with Crippen molar-refractivity contribution in [3.8, 4) is 0 Å². The van der Waals surface area contributed by atoms with E-state index in [2.05, 4.69) is 15.6 Å². The molecule has 0 amide bonds. The van der Waals surface area contributed by atoms with Crippen LogP contribution in [0.5, 0.6) is 0 Å². The van der Waals surface area contributed by atoms with Crippen molar-refractivity contribution in [3.63, 3.8) is 0 Å². The first-order valence-corrected chi connectivity index (χ1v) is 5.99. The van der Waals surface area contributed by atoms with E-state index in [9.17, 15) is 0 Å². The lowest BCUT2D eigenvalue weighted by Gasteiger charge is -2.09. The SMILES string of the molecule is CC(N)c1nc2ccccc2n1Cc1ccco1. The second-order valence-corrected chi connectivity index (χ2v) is 4.41. The molecule has 0 bridgehead atoms. The van der Waals surface area contributed by atoms with Crippen molar-refractivity contribution in [1.29, 1.82) is 0 Å². The molecule has 18 heavy (non-hydrogen) atoms. The quantitative estimate of drug-likeness (QED) is 0.767. The van der Waals surface area contributed by atoms with Crippen LogP contribution in [-0.2, 0) is 6.54 Å².